The topological polar surface area (TPSA) is 191 Å². The van der Waals surface area contributed by atoms with Gasteiger partial charge in [0.1, 0.15) is 18.1 Å². The van der Waals surface area contributed by atoms with E-state index in [1.54, 1.807) is 0 Å². The van der Waals surface area contributed by atoms with Gasteiger partial charge in [-0.3, -0.25) is 14.4 Å². The van der Waals surface area contributed by atoms with Gasteiger partial charge in [0.2, 0.25) is 17.7 Å². The lowest BCUT2D eigenvalue weighted by atomic mass is 9.99. The number of aliphatic hydroxyl groups excluding tert-OH is 2. The SMILES string of the molecule is C[C@H](O)[C@@H](NC(=O)[C@@H](Cc1ccc2ccccc2c1)NC(=O)[C@H](N)Cc1ccc2ccccc2c1)C(=O)N[C@H](CO)C(=O)O. The zero-order valence-corrected chi connectivity index (χ0v) is 24.1. The number of amides is 3. The smallest absolute Gasteiger partial charge is 0.328 e. The first-order chi connectivity index (χ1) is 21.0. The van der Waals surface area contributed by atoms with Crippen LogP contribution in [0.5, 0.6) is 0 Å². The molecule has 11 heteroatoms. The first-order valence-corrected chi connectivity index (χ1v) is 14.2. The van der Waals surface area contributed by atoms with Crippen molar-refractivity contribution in [2.45, 2.75) is 50.0 Å². The summed E-state index contributed by atoms with van der Waals surface area (Å²) in [6.07, 6.45) is -1.19. The van der Waals surface area contributed by atoms with Crippen LogP contribution in [0.2, 0.25) is 0 Å². The van der Waals surface area contributed by atoms with Gasteiger partial charge < -0.3 is 37.0 Å². The van der Waals surface area contributed by atoms with Crippen molar-refractivity contribution >= 4 is 45.2 Å². The van der Waals surface area contributed by atoms with Gasteiger partial charge in [0.25, 0.3) is 0 Å². The van der Waals surface area contributed by atoms with Crippen LogP contribution in [-0.2, 0) is 32.0 Å². The fourth-order valence-electron chi connectivity index (χ4n) is 4.91. The zero-order valence-electron chi connectivity index (χ0n) is 24.1. The zero-order chi connectivity index (χ0) is 31.8. The molecule has 0 radical (unpaired) electrons. The molecule has 0 aliphatic heterocycles. The molecule has 5 atom stereocenters. The minimum Gasteiger partial charge on any atom is -0.480 e. The van der Waals surface area contributed by atoms with Crippen LogP contribution in [-0.4, -0.2) is 75.9 Å². The fourth-order valence-corrected chi connectivity index (χ4v) is 4.91. The van der Waals surface area contributed by atoms with Crippen LogP contribution in [0, 0.1) is 0 Å². The normalized spacial score (nSPS) is 14.6. The van der Waals surface area contributed by atoms with Crippen LogP contribution in [0.15, 0.2) is 84.9 Å². The first-order valence-electron chi connectivity index (χ1n) is 14.2. The summed E-state index contributed by atoms with van der Waals surface area (Å²) in [5.41, 5.74) is 7.84. The minimum atomic E-state index is -1.64. The monoisotopic (exact) mass is 600 g/mol. The number of hydrogen-bond acceptors (Lipinski definition) is 7. The predicted molar refractivity (Wildman–Crippen MR) is 165 cm³/mol. The first kappa shape index (κ1) is 32.1. The Kier molecular flexibility index (Phi) is 10.6. The molecule has 0 saturated carbocycles. The largest absolute Gasteiger partial charge is 0.480 e. The number of carbonyl (C=O) groups excluding carboxylic acids is 3. The van der Waals surface area contributed by atoms with E-state index in [9.17, 15) is 34.5 Å². The van der Waals surface area contributed by atoms with E-state index in [4.69, 9.17) is 5.73 Å². The molecule has 8 N–H and O–H groups in total. The predicted octanol–water partition coefficient (Wildman–Crippen LogP) is 1.02. The number of nitrogens with one attached hydrogen (secondary N) is 3. The van der Waals surface area contributed by atoms with Crippen molar-refractivity contribution in [1.82, 2.24) is 16.0 Å². The molecular formula is C33H36N4O7. The number of nitrogens with two attached hydrogens (primary N) is 1. The second-order valence-corrected chi connectivity index (χ2v) is 10.7. The van der Waals surface area contributed by atoms with Gasteiger partial charge in [-0.05, 0) is 46.0 Å². The Morgan fingerprint density at radius 1 is 0.682 bits per heavy atom. The molecule has 0 unspecified atom stereocenters. The highest BCUT2D eigenvalue weighted by Gasteiger charge is 2.32. The maximum atomic E-state index is 13.6. The van der Waals surface area contributed by atoms with Crippen LogP contribution < -0.4 is 21.7 Å². The van der Waals surface area contributed by atoms with Crippen LogP contribution in [0.3, 0.4) is 0 Å². The molecule has 0 heterocycles. The third kappa shape index (κ3) is 8.16. The van der Waals surface area contributed by atoms with Gasteiger partial charge in [0.15, 0.2) is 0 Å². The fraction of sp³-hybridized carbons (Fsp3) is 0.273. The summed E-state index contributed by atoms with van der Waals surface area (Å²) in [5, 5.41) is 39.9. The van der Waals surface area contributed by atoms with Crippen LogP contribution in [0.25, 0.3) is 21.5 Å². The highest BCUT2D eigenvalue weighted by atomic mass is 16.4. The third-order valence-electron chi connectivity index (χ3n) is 7.35. The van der Waals surface area contributed by atoms with Crippen molar-refractivity contribution in [1.29, 1.82) is 0 Å². The molecule has 0 saturated heterocycles. The maximum absolute atomic E-state index is 13.6. The van der Waals surface area contributed by atoms with E-state index in [1.807, 2.05) is 84.9 Å². The number of carboxylic acid groups (broad SMARTS) is 1. The second-order valence-electron chi connectivity index (χ2n) is 10.7. The summed E-state index contributed by atoms with van der Waals surface area (Å²) >= 11 is 0. The summed E-state index contributed by atoms with van der Waals surface area (Å²) in [6, 6.07) is 21.4. The second kappa shape index (κ2) is 14.6. The molecule has 3 amide bonds. The summed E-state index contributed by atoms with van der Waals surface area (Å²) in [4.78, 5) is 50.9. The van der Waals surface area contributed by atoms with Crippen LogP contribution in [0.1, 0.15) is 18.1 Å². The standard InChI is InChI=1S/C33H36N4O7/c1-19(39)29(32(42)36-28(18-38)33(43)44)37-31(41)27(17-21-11-13-23-7-3-5-9-25(23)15-21)35-30(40)26(34)16-20-10-12-22-6-2-4-8-24(22)14-20/h2-15,19,26-29,38-39H,16-18,34H2,1H3,(H,35,40)(H,36,42)(H,37,41)(H,43,44)/t19-,26+,27+,28+,29+/m0/s1. The lowest BCUT2D eigenvalue weighted by Crippen LogP contribution is -2.60. The number of benzene rings is 4. The van der Waals surface area contributed by atoms with Gasteiger partial charge in [0.05, 0.1) is 18.8 Å². The molecule has 0 aromatic heterocycles. The number of aliphatic hydroxyl groups is 2. The summed E-state index contributed by atoms with van der Waals surface area (Å²) in [7, 11) is 0. The molecule has 0 aliphatic rings. The van der Waals surface area contributed by atoms with E-state index in [0.717, 1.165) is 32.7 Å². The number of fused-ring (bicyclic) bond motifs is 2. The molecule has 0 fully saturated rings. The molecular weight excluding hydrogens is 564 g/mol. The Morgan fingerprint density at radius 2 is 1.18 bits per heavy atom. The highest BCUT2D eigenvalue weighted by molar-refractivity contribution is 5.95. The van der Waals surface area contributed by atoms with E-state index in [-0.39, 0.29) is 12.8 Å². The summed E-state index contributed by atoms with van der Waals surface area (Å²) < 4.78 is 0. The van der Waals surface area contributed by atoms with Crippen molar-refractivity contribution in [2.75, 3.05) is 6.61 Å². The molecule has 4 rings (SSSR count). The van der Waals surface area contributed by atoms with E-state index >= 15 is 0 Å². The lowest BCUT2D eigenvalue weighted by Gasteiger charge is -2.26. The Labute approximate surface area is 254 Å². The van der Waals surface area contributed by atoms with E-state index in [0.29, 0.717) is 0 Å². The van der Waals surface area contributed by atoms with Gasteiger partial charge >= 0.3 is 5.97 Å². The maximum Gasteiger partial charge on any atom is 0.328 e. The number of carbonyl (C=O) groups is 4. The number of aliphatic carboxylic acids is 1. The van der Waals surface area contributed by atoms with Gasteiger partial charge in [-0.1, -0.05) is 84.9 Å². The van der Waals surface area contributed by atoms with Crippen molar-refractivity contribution in [2.24, 2.45) is 5.73 Å². The lowest BCUT2D eigenvalue weighted by molar-refractivity contribution is -0.144. The minimum absolute atomic E-state index is 0.0354. The summed E-state index contributed by atoms with van der Waals surface area (Å²) in [6.45, 7) is 0.354. The number of rotatable bonds is 13. The Balaban J connectivity index is 1.54. The number of hydrogen-bond donors (Lipinski definition) is 7. The summed E-state index contributed by atoms with van der Waals surface area (Å²) in [5.74, 6) is -3.89. The van der Waals surface area contributed by atoms with Crippen molar-refractivity contribution in [3.63, 3.8) is 0 Å². The van der Waals surface area contributed by atoms with E-state index in [2.05, 4.69) is 16.0 Å². The van der Waals surface area contributed by atoms with Gasteiger partial charge in [-0.2, -0.15) is 0 Å². The average Bonchev–Trinajstić information content (AvgIpc) is 3.01. The molecule has 44 heavy (non-hydrogen) atoms. The molecule has 230 valence electrons. The number of carboxylic acids is 1. The van der Waals surface area contributed by atoms with Crippen molar-refractivity contribution < 1.29 is 34.5 Å². The van der Waals surface area contributed by atoms with Gasteiger partial charge in [-0.15, -0.1) is 0 Å². The molecule has 0 bridgehead atoms. The Morgan fingerprint density at radius 3 is 1.68 bits per heavy atom. The van der Waals surface area contributed by atoms with Crippen LogP contribution in [0.4, 0.5) is 0 Å². The Hall–Kier alpha value is -4.84. The quantitative estimate of drug-likeness (QED) is 0.118. The van der Waals surface area contributed by atoms with E-state index < -0.39 is 60.6 Å². The average molecular weight is 601 g/mol. The molecule has 4 aromatic carbocycles. The molecule has 4 aromatic rings. The van der Waals surface area contributed by atoms with E-state index in [1.165, 1.54) is 6.92 Å². The van der Waals surface area contributed by atoms with Crippen LogP contribution >= 0.6 is 0 Å². The van der Waals surface area contributed by atoms with Crippen molar-refractivity contribution in [3.05, 3.63) is 96.1 Å². The molecule has 0 spiro atoms. The highest BCUT2D eigenvalue weighted by Crippen LogP contribution is 2.18. The van der Waals surface area contributed by atoms with Gasteiger partial charge in [0, 0.05) is 6.42 Å². The van der Waals surface area contributed by atoms with Crippen molar-refractivity contribution in [3.8, 4) is 0 Å². The molecule has 0 aliphatic carbocycles. The van der Waals surface area contributed by atoms with Gasteiger partial charge in [-0.25, -0.2) is 4.79 Å². The third-order valence-corrected chi connectivity index (χ3v) is 7.35. The molecule has 11 nitrogen and oxygen atoms in total. The Bertz CT molecular complexity index is 1660.